The molecule has 1 heterocycles. The zero-order valence-electron chi connectivity index (χ0n) is 13.2. The van der Waals surface area contributed by atoms with Crippen LogP contribution in [-0.4, -0.2) is 22.5 Å². The van der Waals surface area contributed by atoms with Crippen LogP contribution in [0.15, 0.2) is 35.4 Å². The van der Waals surface area contributed by atoms with Gasteiger partial charge in [0.25, 0.3) is 0 Å². The summed E-state index contributed by atoms with van der Waals surface area (Å²) in [6.07, 6.45) is 1.91. The van der Waals surface area contributed by atoms with Crippen molar-refractivity contribution >= 4 is 10.1 Å². The third kappa shape index (κ3) is 3.39. The number of imidazole rings is 1. The molecule has 0 amide bonds. The molecule has 0 aliphatic rings. The molecule has 0 radical (unpaired) electrons. The topological polar surface area (TPSA) is 72.2 Å². The van der Waals surface area contributed by atoms with E-state index in [-0.39, 0.29) is 10.9 Å². The molecule has 0 saturated heterocycles. The van der Waals surface area contributed by atoms with E-state index in [9.17, 15) is 13.0 Å². The Morgan fingerprint density at radius 3 is 2.36 bits per heavy atom. The summed E-state index contributed by atoms with van der Waals surface area (Å²) in [5.41, 5.74) is 1.21. The van der Waals surface area contributed by atoms with Gasteiger partial charge in [0, 0.05) is 18.0 Å². The van der Waals surface area contributed by atoms with Crippen molar-refractivity contribution in [2.45, 2.75) is 51.1 Å². The van der Waals surface area contributed by atoms with Crippen LogP contribution in [0.3, 0.4) is 0 Å². The Kier molecular flexibility index (Phi) is 5.03. The predicted octanol–water partition coefficient (Wildman–Crippen LogP) is 3.72. The number of rotatable bonds is 6. The molecule has 22 heavy (non-hydrogen) atoms. The van der Waals surface area contributed by atoms with Gasteiger partial charge in [0.2, 0.25) is 5.03 Å². The van der Waals surface area contributed by atoms with Gasteiger partial charge < -0.3 is 4.57 Å². The van der Waals surface area contributed by atoms with Gasteiger partial charge in [-0.1, -0.05) is 57.5 Å². The minimum Gasteiger partial charge on any atom is -0.327 e. The SMILES string of the molecule is CCCCn1c(C(C)C)nc(S(=O)(=O)O)c1-c1ccccc1. The Morgan fingerprint density at radius 2 is 1.86 bits per heavy atom. The zero-order chi connectivity index (χ0) is 16.3. The number of benzene rings is 1. The van der Waals surface area contributed by atoms with Crippen molar-refractivity contribution in [1.29, 1.82) is 0 Å². The number of nitrogens with zero attached hydrogens (tertiary/aromatic N) is 2. The second kappa shape index (κ2) is 6.62. The van der Waals surface area contributed by atoms with E-state index in [1.165, 1.54) is 0 Å². The Morgan fingerprint density at radius 1 is 1.23 bits per heavy atom. The summed E-state index contributed by atoms with van der Waals surface area (Å²) in [7, 11) is -4.37. The molecule has 6 heteroatoms. The van der Waals surface area contributed by atoms with E-state index in [1.807, 2.05) is 48.7 Å². The summed E-state index contributed by atoms with van der Waals surface area (Å²) in [6.45, 7) is 6.69. The van der Waals surface area contributed by atoms with Gasteiger partial charge in [0.1, 0.15) is 5.82 Å². The molecule has 2 aromatic rings. The third-order valence-corrected chi connectivity index (χ3v) is 4.28. The summed E-state index contributed by atoms with van der Waals surface area (Å²) < 4.78 is 35.0. The van der Waals surface area contributed by atoms with Crippen LogP contribution in [0.5, 0.6) is 0 Å². The van der Waals surface area contributed by atoms with Crippen molar-refractivity contribution < 1.29 is 13.0 Å². The van der Waals surface area contributed by atoms with Crippen molar-refractivity contribution in [3.63, 3.8) is 0 Å². The highest BCUT2D eigenvalue weighted by molar-refractivity contribution is 7.85. The Labute approximate surface area is 131 Å². The minimum atomic E-state index is -4.37. The molecular formula is C16H22N2O3S. The molecule has 0 fully saturated rings. The van der Waals surface area contributed by atoms with Crippen LogP contribution in [0.2, 0.25) is 0 Å². The lowest BCUT2D eigenvalue weighted by Gasteiger charge is -2.13. The molecule has 0 spiro atoms. The highest BCUT2D eigenvalue weighted by Gasteiger charge is 2.27. The fraction of sp³-hybridized carbons (Fsp3) is 0.438. The van der Waals surface area contributed by atoms with E-state index in [1.54, 1.807) is 0 Å². The van der Waals surface area contributed by atoms with Crippen molar-refractivity contribution in [3.05, 3.63) is 36.2 Å². The molecule has 0 atom stereocenters. The number of hydrogen-bond acceptors (Lipinski definition) is 3. The first kappa shape index (κ1) is 16.7. The maximum atomic E-state index is 11.8. The molecule has 1 aromatic heterocycles. The normalized spacial score (nSPS) is 12.0. The average Bonchev–Trinajstić information content (AvgIpc) is 2.85. The van der Waals surface area contributed by atoms with Crippen LogP contribution in [0.25, 0.3) is 11.3 Å². The number of hydrogen-bond donors (Lipinski definition) is 1. The lowest BCUT2D eigenvalue weighted by Crippen LogP contribution is -2.07. The lowest BCUT2D eigenvalue weighted by molar-refractivity contribution is 0.480. The fourth-order valence-corrected chi connectivity index (χ4v) is 3.17. The Bertz CT molecular complexity index is 734. The van der Waals surface area contributed by atoms with Crippen LogP contribution in [-0.2, 0) is 16.7 Å². The first-order valence-corrected chi connectivity index (χ1v) is 8.93. The van der Waals surface area contributed by atoms with Gasteiger partial charge in [0.05, 0.1) is 5.69 Å². The molecule has 2 rings (SSSR count). The maximum absolute atomic E-state index is 11.8. The number of unbranched alkanes of at least 4 members (excludes halogenated alkanes) is 1. The highest BCUT2D eigenvalue weighted by Crippen LogP contribution is 2.31. The molecule has 0 bridgehead atoms. The summed E-state index contributed by atoms with van der Waals surface area (Å²) in [6, 6.07) is 9.22. The first-order chi connectivity index (χ1) is 10.4. The summed E-state index contributed by atoms with van der Waals surface area (Å²) in [4.78, 5) is 4.24. The third-order valence-electron chi connectivity index (χ3n) is 3.51. The second-order valence-electron chi connectivity index (χ2n) is 5.62. The molecule has 1 N–H and O–H groups in total. The van der Waals surface area contributed by atoms with Crippen LogP contribution in [0, 0.1) is 0 Å². The van der Waals surface area contributed by atoms with Gasteiger partial charge in [-0.2, -0.15) is 8.42 Å². The summed E-state index contributed by atoms with van der Waals surface area (Å²) in [5, 5.41) is -0.251. The monoisotopic (exact) mass is 322 g/mol. The molecule has 1 aromatic carbocycles. The van der Waals surface area contributed by atoms with E-state index in [0.29, 0.717) is 18.1 Å². The average molecular weight is 322 g/mol. The van der Waals surface area contributed by atoms with E-state index < -0.39 is 10.1 Å². The molecule has 0 saturated carbocycles. The smallest absolute Gasteiger partial charge is 0.314 e. The zero-order valence-corrected chi connectivity index (χ0v) is 14.0. The van der Waals surface area contributed by atoms with Crippen LogP contribution in [0.4, 0.5) is 0 Å². The van der Waals surface area contributed by atoms with Gasteiger partial charge in [-0.15, -0.1) is 0 Å². The first-order valence-electron chi connectivity index (χ1n) is 7.49. The van der Waals surface area contributed by atoms with Crippen molar-refractivity contribution in [2.24, 2.45) is 0 Å². The second-order valence-corrected chi connectivity index (χ2v) is 6.96. The molecule has 0 unspecified atom stereocenters. The predicted molar refractivity (Wildman–Crippen MR) is 86.5 cm³/mol. The lowest BCUT2D eigenvalue weighted by atomic mass is 10.1. The quantitative estimate of drug-likeness (QED) is 0.823. The molecular weight excluding hydrogens is 300 g/mol. The number of aromatic nitrogens is 2. The van der Waals surface area contributed by atoms with Crippen molar-refractivity contribution in [1.82, 2.24) is 9.55 Å². The standard InChI is InChI=1S/C16H22N2O3S/c1-4-5-11-18-14(13-9-7-6-8-10-13)16(22(19,20)21)17-15(18)12(2)3/h6-10,12H,4-5,11H2,1-3H3,(H,19,20,21). The maximum Gasteiger partial charge on any atom is 0.314 e. The van der Waals surface area contributed by atoms with E-state index >= 15 is 0 Å². The minimum absolute atomic E-state index is 0.0646. The van der Waals surface area contributed by atoms with Crippen molar-refractivity contribution in [3.8, 4) is 11.3 Å². The molecule has 0 aliphatic carbocycles. The summed E-state index contributed by atoms with van der Waals surface area (Å²) in [5.74, 6) is 0.745. The van der Waals surface area contributed by atoms with Crippen LogP contribution < -0.4 is 0 Å². The van der Waals surface area contributed by atoms with Gasteiger partial charge in [-0.25, -0.2) is 4.98 Å². The van der Waals surface area contributed by atoms with E-state index in [4.69, 9.17) is 0 Å². The van der Waals surface area contributed by atoms with Crippen molar-refractivity contribution in [2.75, 3.05) is 0 Å². The van der Waals surface area contributed by atoms with Gasteiger partial charge in [-0.3, -0.25) is 4.55 Å². The summed E-state index contributed by atoms with van der Waals surface area (Å²) >= 11 is 0. The van der Waals surface area contributed by atoms with Crippen LogP contribution >= 0.6 is 0 Å². The van der Waals surface area contributed by atoms with Crippen LogP contribution in [0.1, 0.15) is 45.4 Å². The van der Waals surface area contributed by atoms with Gasteiger partial charge in [-0.05, 0) is 6.42 Å². The Balaban J connectivity index is 2.75. The van der Waals surface area contributed by atoms with E-state index in [2.05, 4.69) is 11.9 Å². The van der Waals surface area contributed by atoms with Gasteiger partial charge >= 0.3 is 10.1 Å². The molecule has 120 valence electrons. The Hall–Kier alpha value is -1.66. The molecule has 0 aliphatic heterocycles. The fourth-order valence-electron chi connectivity index (χ4n) is 2.49. The highest BCUT2D eigenvalue weighted by atomic mass is 32.2. The molecule has 5 nitrogen and oxygen atoms in total. The van der Waals surface area contributed by atoms with E-state index in [0.717, 1.165) is 18.4 Å². The van der Waals surface area contributed by atoms with Gasteiger partial charge in [0.15, 0.2) is 0 Å². The largest absolute Gasteiger partial charge is 0.327 e.